The minimum absolute atomic E-state index is 0.159. The van der Waals surface area contributed by atoms with Crippen LogP contribution in [0.4, 0.5) is 5.82 Å². The lowest BCUT2D eigenvalue weighted by Gasteiger charge is -2.09. The van der Waals surface area contributed by atoms with E-state index in [-0.39, 0.29) is 10.7 Å². The number of anilines is 1. The van der Waals surface area contributed by atoms with Gasteiger partial charge in [0.1, 0.15) is 5.75 Å². The van der Waals surface area contributed by atoms with Crippen molar-refractivity contribution in [2.75, 3.05) is 11.3 Å². The van der Waals surface area contributed by atoms with E-state index in [0.29, 0.717) is 18.3 Å². The van der Waals surface area contributed by atoms with E-state index in [0.717, 1.165) is 18.1 Å². The van der Waals surface area contributed by atoms with E-state index in [4.69, 9.17) is 4.74 Å². The van der Waals surface area contributed by atoms with Gasteiger partial charge in [-0.15, -0.1) is 0 Å². The molecule has 0 atom stereocenters. The molecule has 6 nitrogen and oxygen atoms in total. The second-order valence-electron chi connectivity index (χ2n) is 4.90. The molecule has 0 radical (unpaired) electrons. The number of sulfonamides is 1. The molecule has 0 saturated carbocycles. The smallest absolute Gasteiger partial charge is 0.263 e. The average molecular weight is 327 g/mol. The number of nitrogens with one attached hydrogen (secondary N) is 1. The predicted molar refractivity (Wildman–Crippen MR) is 82.1 cm³/mol. The van der Waals surface area contributed by atoms with Gasteiger partial charge in [-0.25, -0.2) is 8.42 Å². The van der Waals surface area contributed by atoms with Crippen LogP contribution in [-0.4, -0.2) is 23.8 Å². The van der Waals surface area contributed by atoms with Gasteiger partial charge in [-0.3, -0.25) is 4.72 Å². The number of hydrogen-bond acceptors (Lipinski definition) is 6. The van der Waals surface area contributed by atoms with Crippen LogP contribution in [0.25, 0.3) is 0 Å². The molecule has 0 aliphatic rings. The summed E-state index contributed by atoms with van der Waals surface area (Å²) >= 11 is 0.942. The maximum Gasteiger partial charge on any atom is 0.263 e. The molecule has 0 amide bonds. The Hall–Kier alpha value is -1.67. The highest BCUT2D eigenvalue weighted by Gasteiger charge is 2.15. The summed E-state index contributed by atoms with van der Waals surface area (Å²) in [6, 6.07) is 6.31. The molecule has 0 unspecified atom stereocenters. The van der Waals surface area contributed by atoms with Crippen LogP contribution in [-0.2, 0) is 10.0 Å². The Kier molecular flexibility index (Phi) is 5.13. The fourth-order valence-electron chi connectivity index (χ4n) is 1.53. The quantitative estimate of drug-likeness (QED) is 0.845. The molecule has 21 heavy (non-hydrogen) atoms. The fourth-order valence-corrected chi connectivity index (χ4v) is 2.95. The fraction of sp³-hybridized carbons (Fsp3) is 0.385. The molecule has 2 rings (SSSR count). The Labute approximate surface area is 128 Å². The monoisotopic (exact) mass is 327 g/mol. The summed E-state index contributed by atoms with van der Waals surface area (Å²) in [6.07, 6.45) is 2.32. The van der Waals surface area contributed by atoms with E-state index in [2.05, 4.69) is 27.3 Å². The third-order valence-corrected chi connectivity index (χ3v) is 4.55. The Bertz CT molecular complexity index is 652. The van der Waals surface area contributed by atoms with E-state index in [1.54, 1.807) is 12.1 Å². The Balaban J connectivity index is 2.01. The van der Waals surface area contributed by atoms with Crippen molar-refractivity contribution >= 4 is 27.6 Å². The highest BCUT2D eigenvalue weighted by Crippen LogP contribution is 2.19. The van der Waals surface area contributed by atoms with Crippen LogP contribution >= 0.6 is 11.7 Å². The largest absolute Gasteiger partial charge is 0.494 e. The van der Waals surface area contributed by atoms with Gasteiger partial charge >= 0.3 is 0 Å². The highest BCUT2D eigenvalue weighted by molar-refractivity contribution is 7.92. The molecule has 1 N–H and O–H groups in total. The predicted octanol–water partition coefficient (Wildman–Crippen LogP) is 2.76. The standard InChI is InChI=1S/C13H17N3O3S2/c1-10(2)7-8-19-11-3-5-12(6-4-11)21(17,18)16-13-9-14-20-15-13/h3-6,9-10H,7-8H2,1-2H3,(H,15,16). The molecule has 114 valence electrons. The van der Waals surface area contributed by atoms with Crippen molar-refractivity contribution < 1.29 is 13.2 Å². The third kappa shape index (κ3) is 4.68. The van der Waals surface area contributed by atoms with Crippen molar-refractivity contribution in [1.82, 2.24) is 8.75 Å². The van der Waals surface area contributed by atoms with Gasteiger partial charge < -0.3 is 4.74 Å². The molecule has 2 aromatic rings. The zero-order valence-electron chi connectivity index (χ0n) is 11.8. The molecule has 0 bridgehead atoms. The molecule has 0 spiro atoms. The zero-order valence-corrected chi connectivity index (χ0v) is 13.4. The van der Waals surface area contributed by atoms with E-state index >= 15 is 0 Å². The van der Waals surface area contributed by atoms with Crippen LogP contribution in [0.2, 0.25) is 0 Å². The van der Waals surface area contributed by atoms with E-state index < -0.39 is 10.0 Å². The van der Waals surface area contributed by atoms with Crippen LogP contribution < -0.4 is 9.46 Å². The van der Waals surface area contributed by atoms with Crippen molar-refractivity contribution in [2.24, 2.45) is 5.92 Å². The third-order valence-electron chi connectivity index (χ3n) is 2.70. The lowest BCUT2D eigenvalue weighted by atomic mass is 10.1. The Morgan fingerprint density at radius 2 is 2.00 bits per heavy atom. The van der Waals surface area contributed by atoms with Crippen LogP contribution in [0, 0.1) is 5.92 Å². The van der Waals surface area contributed by atoms with Crippen molar-refractivity contribution in [2.45, 2.75) is 25.2 Å². The summed E-state index contributed by atoms with van der Waals surface area (Å²) in [7, 11) is -3.64. The molecule has 0 fully saturated rings. The van der Waals surface area contributed by atoms with Gasteiger partial charge in [0.15, 0.2) is 5.82 Å². The maximum absolute atomic E-state index is 12.1. The van der Waals surface area contributed by atoms with Crippen LogP contribution in [0.15, 0.2) is 35.4 Å². The molecule has 8 heteroatoms. The summed E-state index contributed by atoms with van der Waals surface area (Å²) in [5, 5.41) is 0. The summed E-state index contributed by atoms with van der Waals surface area (Å²) in [6.45, 7) is 4.86. The van der Waals surface area contributed by atoms with Gasteiger partial charge in [-0.1, -0.05) is 13.8 Å². The Morgan fingerprint density at radius 1 is 1.29 bits per heavy atom. The summed E-state index contributed by atoms with van der Waals surface area (Å²) in [5.41, 5.74) is 0. The lowest BCUT2D eigenvalue weighted by molar-refractivity contribution is 0.289. The minimum Gasteiger partial charge on any atom is -0.494 e. The second-order valence-corrected chi connectivity index (χ2v) is 7.14. The van der Waals surface area contributed by atoms with Gasteiger partial charge in [0.25, 0.3) is 10.0 Å². The lowest BCUT2D eigenvalue weighted by Crippen LogP contribution is -2.13. The van der Waals surface area contributed by atoms with E-state index in [1.807, 2.05) is 0 Å². The zero-order chi connectivity index (χ0) is 15.3. The van der Waals surface area contributed by atoms with Crippen molar-refractivity contribution in [3.05, 3.63) is 30.5 Å². The first kappa shape index (κ1) is 15.7. The molecular formula is C13H17N3O3S2. The van der Waals surface area contributed by atoms with Crippen LogP contribution in [0.5, 0.6) is 5.75 Å². The Morgan fingerprint density at radius 3 is 2.57 bits per heavy atom. The van der Waals surface area contributed by atoms with E-state index in [1.165, 1.54) is 18.3 Å². The maximum atomic E-state index is 12.1. The first-order valence-electron chi connectivity index (χ1n) is 6.50. The molecular weight excluding hydrogens is 310 g/mol. The molecule has 1 heterocycles. The SMILES string of the molecule is CC(C)CCOc1ccc(S(=O)(=O)Nc2cnsn2)cc1. The normalized spacial score (nSPS) is 11.6. The number of hydrogen-bond donors (Lipinski definition) is 1. The molecule has 0 saturated heterocycles. The van der Waals surface area contributed by atoms with Crippen LogP contribution in [0.1, 0.15) is 20.3 Å². The van der Waals surface area contributed by atoms with Crippen molar-refractivity contribution in [3.63, 3.8) is 0 Å². The number of rotatable bonds is 7. The average Bonchev–Trinajstić information content (AvgIpc) is 2.91. The van der Waals surface area contributed by atoms with Gasteiger partial charge in [0, 0.05) is 0 Å². The van der Waals surface area contributed by atoms with Gasteiger partial charge in [-0.2, -0.15) is 8.75 Å². The molecule has 0 aliphatic carbocycles. The number of nitrogens with zero attached hydrogens (tertiary/aromatic N) is 2. The van der Waals surface area contributed by atoms with Crippen LogP contribution in [0.3, 0.4) is 0 Å². The van der Waals surface area contributed by atoms with Crippen molar-refractivity contribution in [1.29, 1.82) is 0 Å². The number of ether oxygens (including phenoxy) is 1. The minimum atomic E-state index is -3.64. The van der Waals surface area contributed by atoms with Crippen molar-refractivity contribution in [3.8, 4) is 5.75 Å². The summed E-state index contributed by atoms with van der Waals surface area (Å²) in [5.74, 6) is 1.45. The van der Waals surface area contributed by atoms with E-state index in [9.17, 15) is 8.42 Å². The topological polar surface area (TPSA) is 81.2 Å². The van der Waals surface area contributed by atoms with Gasteiger partial charge in [0.2, 0.25) is 0 Å². The molecule has 1 aromatic carbocycles. The molecule has 0 aliphatic heterocycles. The number of benzene rings is 1. The second kappa shape index (κ2) is 6.86. The first-order valence-corrected chi connectivity index (χ1v) is 8.72. The number of aromatic nitrogens is 2. The first-order chi connectivity index (χ1) is 9.97. The van der Waals surface area contributed by atoms with Gasteiger partial charge in [0.05, 0.1) is 29.4 Å². The summed E-state index contributed by atoms with van der Waals surface area (Å²) in [4.78, 5) is 0.159. The highest BCUT2D eigenvalue weighted by atomic mass is 32.2. The molecule has 1 aromatic heterocycles. The van der Waals surface area contributed by atoms with Gasteiger partial charge in [-0.05, 0) is 36.6 Å². The summed E-state index contributed by atoms with van der Waals surface area (Å²) < 4.78 is 39.7.